The Morgan fingerprint density at radius 3 is 2.73 bits per heavy atom. The molecule has 9 heteroatoms. The van der Waals surface area contributed by atoms with Gasteiger partial charge >= 0.3 is 12.3 Å². The predicted octanol–water partition coefficient (Wildman–Crippen LogP) is 3.35. The molecule has 140 valence electrons. The summed E-state index contributed by atoms with van der Waals surface area (Å²) in [6.07, 6.45) is -3.44. The maximum absolute atomic E-state index is 12.8. The number of halogens is 3. The molecule has 0 bridgehead atoms. The van der Waals surface area contributed by atoms with Gasteiger partial charge in [-0.05, 0) is 31.4 Å². The number of aromatic nitrogens is 2. The molecule has 1 aliphatic carbocycles. The van der Waals surface area contributed by atoms with Crippen LogP contribution in [0.1, 0.15) is 25.7 Å². The van der Waals surface area contributed by atoms with Gasteiger partial charge in [0, 0.05) is 11.6 Å². The Hall–Kier alpha value is -2.58. The maximum atomic E-state index is 12.8. The average molecular weight is 369 g/mol. The molecule has 6 nitrogen and oxygen atoms in total. The lowest BCUT2D eigenvalue weighted by Gasteiger charge is -2.30. The molecule has 0 radical (unpaired) electrons. The summed E-state index contributed by atoms with van der Waals surface area (Å²) in [5.41, 5.74) is 0.708. The molecule has 1 aliphatic rings. The van der Waals surface area contributed by atoms with Crippen LogP contribution in [0.4, 0.5) is 13.2 Å². The summed E-state index contributed by atoms with van der Waals surface area (Å²) in [6, 6.07) is 8.52. The molecule has 1 amide bonds. The van der Waals surface area contributed by atoms with Crippen molar-refractivity contribution >= 4 is 5.91 Å². The Kier molecular flexibility index (Phi) is 5.43. The molecule has 1 heterocycles. The van der Waals surface area contributed by atoms with Crippen molar-refractivity contribution < 1.29 is 27.1 Å². The second-order valence-electron chi connectivity index (χ2n) is 6.20. The quantitative estimate of drug-likeness (QED) is 0.875. The Morgan fingerprint density at radius 1 is 1.23 bits per heavy atom. The van der Waals surface area contributed by atoms with Crippen LogP contribution in [0.3, 0.4) is 0 Å². The summed E-state index contributed by atoms with van der Waals surface area (Å²) in [5, 5.41) is 10.1. The third-order valence-corrected chi connectivity index (χ3v) is 4.26. The molecule has 2 unspecified atom stereocenters. The van der Waals surface area contributed by atoms with E-state index in [-0.39, 0.29) is 24.8 Å². The fraction of sp³-hybridized carbons (Fsp3) is 0.471. The van der Waals surface area contributed by atoms with Crippen LogP contribution in [-0.4, -0.2) is 34.9 Å². The second kappa shape index (κ2) is 7.76. The topological polar surface area (TPSA) is 77.2 Å². The highest BCUT2D eigenvalue weighted by atomic mass is 19.4. The van der Waals surface area contributed by atoms with Gasteiger partial charge in [-0.1, -0.05) is 29.7 Å². The highest BCUT2D eigenvalue weighted by molar-refractivity contribution is 5.77. The molecule has 0 saturated heterocycles. The Balaban J connectivity index is 1.48. The molecule has 3 rings (SSSR count). The lowest BCUT2D eigenvalue weighted by Crippen LogP contribution is -2.43. The highest BCUT2D eigenvalue weighted by Gasteiger charge is 2.42. The number of carbonyl (C=O) groups is 1. The lowest BCUT2D eigenvalue weighted by atomic mass is 9.85. The maximum Gasteiger partial charge on any atom is 0.415 e. The summed E-state index contributed by atoms with van der Waals surface area (Å²) < 4.78 is 48.8. The van der Waals surface area contributed by atoms with Crippen molar-refractivity contribution in [1.82, 2.24) is 15.5 Å². The normalized spacial score (nSPS) is 20.6. The van der Waals surface area contributed by atoms with E-state index < -0.39 is 30.7 Å². The van der Waals surface area contributed by atoms with E-state index in [4.69, 9.17) is 9.15 Å². The number of nitrogens with one attached hydrogen (secondary N) is 1. The number of hydrogen-bond donors (Lipinski definition) is 1. The van der Waals surface area contributed by atoms with E-state index in [2.05, 4.69) is 15.5 Å². The number of nitrogens with zero attached hydrogens (tertiary/aromatic N) is 2. The minimum absolute atomic E-state index is 0.103. The molecule has 1 N–H and O–H groups in total. The molecule has 1 aromatic heterocycles. The van der Waals surface area contributed by atoms with Gasteiger partial charge in [-0.15, -0.1) is 5.10 Å². The van der Waals surface area contributed by atoms with Crippen LogP contribution < -0.4 is 10.1 Å². The van der Waals surface area contributed by atoms with E-state index in [1.165, 1.54) is 0 Å². The molecule has 1 saturated carbocycles. The first-order valence-corrected chi connectivity index (χ1v) is 8.29. The Bertz CT molecular complexity index is 734. The number of alkyl halides is 3. The summed E-state index contributed by atoms with van der Waals surface area (Å²) in [5.74, 6) is -1.63. The van der Waals surface area contributed by atoms with Crippen molar-refractivity contribution in [1.29, 1.82) is 0 Å². The number of ether oxygens (including phenoxy) is 1. The van der Waals surface area contributed by atoms with Crippen LogP contribution in [-0.2, 0) is 4.79 Å². The van der Waals surface area contributed by atoms with E-state index in [9.17, 15) is 18.0 Å². The van der Waals surface area contributed by atoms with Gasteiger partial charge in [0.1, 0.15) is 0 Å². The van der Waals surface area contributed by atoms with Crippen molar-refractivity contribution in [3.63, 3.8) is 0 Å². The molecule has 0 spiro atoms. The van der Waals surface area contributed by atoms with Gasteiger partial charge in [0.05, 0.1) is 5.92 Å². The van der Waals surface area contributed by atoms with Crippen LogP contribution in [0.15, 0.2) is 34.7 Å². The van der Waals surface area contributed by atoms with E-state index >= 15 is 0 Å². The number of amides is 1. The molecular weight excluding hydrogens is 351 g/mol. The number of rotatable bonds is 5. The first kappa shape index (κ1) is 18.2. The average Bonchev–Trinajstić information content (AvgIpc) is 3.09. The van der Waals surface area contributed by atoms with Crippen LogP contribution in [0, 0.1) is 5.92 Å². The SMILES string of the molecule is O=C(COc1nnc(-c2ccccc2)o1)NC1CCCC(C(F)(F)F)C1. The molecule has 2 atom stereocenters. The van der Waals surface area contributed by atoms with Gasteiger partial charge in [-0.3, -0.25) is 4.79 Å². The summed E-state index contributed by atoms with van der Waals surface area (Å²) >= 11 is 0. The van der Waals surface area contributed by atoms with Crippen LogP contribution in [0.25, 0.3) is 11.5 Å². The molecule has 2 aromatic rings. The van der Waals surface area contributed by atoms with Gasteiger partial charge in [0.2, 0.25) is 0 Å². The summed E-state index contributed by atoms with van der Waals surface area (Å²) in [6.45, 7) is -0.399. The molecule has 1 fully saturated rings. The van der Waals surface area contributed by atoms with Crippen molar-refractivity contribution in [2.24, 2.45) is 5.92 Å². The van der Waals surface area contributed by atoms with Crippen LogP contribution in [0.2, 0.25) is 0 Å². The van der Waals surface area contributed by atoms with Gasteiger partial charge in [-0.25, -0.2) is 0 Å². The van der Waals surface area contributed by atoms with Gasteiger partial charge in [0.15, 0.2) is 6.61 Å². The lowest BCUT2D eigenvalue weighted by molar-refractivity contribution is -0.184. The third-order valence-electron chi connectivity index (χ3n) is 4.26. The summed E-state index contributed by atoms with van der Waals surface area (Å²) in [7, 11) is 0. The Morgan fingerprint density at radius 2 is 2.00 bits per heavy atom. The van der Waals surface area contributed by atoms with E-state index in [1.54, 1.807) is 12.1 Å². The largest absolute Gasteiger partial charge is 0.439 e. The highest BCUT2D eigenvalue weighted by Crippen LogP contribution is 2.37. The molecule has 1 aromatic carbocycles. The predicted molar refractivity (Wildman–Crippen MR) is 85.2 cm³/mol. The number of hydrogen-bond acceptors (Lipinski definition) is 5. The minimum Gasteiger partial charge on any atom is -0.439 e. The number of benzene rings is 1. The van der Waals surface area contributed by atoms with E-state index in [0.717, 1.165) is 0 Å². The first-order valence-electron chi connectivity index (χ1n) is 8.29. The second-order valence-corrected chi connectivity index (χ2v) is 6.20. The fourth-order valence-electron chi connectivity index (χ4n) is 2.98. The standard InChI is InChI=1S/C17H18F3N3O3/c18-17(19,20)12-7-4-8-13(9-12)21-14(24)10-25-16-23-22-15(26-16)11-5-2-1-3-6-11/h1-3,5-6,12-13H,4,7-10H2,(H,21,24). The fourth-order valence-corrected chi connectivity index (χ4v) is 2.98. The zero-order valence-corrected chi connectivity index (χ0v) is 13.8. The molecule has 0 aliphatic heterocycles. The monoisotopic (exact) mass is 369 g/mol. The third kappa shape index (κ3) is 4.74. The zero-order valence-electron chi connectivity index (χ0n) is 13.8. The Labute approximate surface area is 147 Å². The zero-order chi connectivity index (χ0) is 18.6. The smallest absolute Gasteiger partial charge is 0.415 e. The minimum atomic E-state index is -4.22. The van der Waals surface area contributed by atoms with Crippen LogP contribution >= 0.6 is 0 Å². The first-order chi connectivity index (χ1) is 12.4. The van der Waals surface area contributed by atoms with Gasteiger partial charge in [0.25, 0.3) is 11.8 Å². The summed E-state index contributed by atoms with van der Waals surface area (Å²) in [4.78, 5) is 11.9. The van der Waals surface area contributed by atoms with Crippen molar-refractivity contribution in [3.05, 3.63) is 30.3 Å². The van der Waals surface area contributed by atoms with Gasteiger partial charge < -0.3 is 14.5 Å². The van der Waals surface area contributed by atoms with E-state index in [0.29, 0.717) is 18.4 Å². The van der Waals surface area contributed by atoms with Crippen molar-refractivity contribution in [2.75, 3.05) is 6.61 Å². The molecular formula is C17H18F3N3O3. The van der Waals surface area contributed by atoms with Crippen molar-refractivity contribution in [2.45, 2.75) is 37.9 Å². The number of carbonyl (C=O) groups excluding carboxylic acids is 1. The van der Waals surface area contributed by atoms with Gasteiger partial charge in [-0.2, -0.15) is 13.2 Å². The van der Waals surface area contributed by atoms with Crippen molar-refractivity contribution in [3.8, 4) is 17.5 Å². The van der Waals surface area contributed by atoms with E-state index in [1.807, 2.05) is 18.2 Å². The van der Waals surface area contributed by atoms with Crippen LogP contribution in [0.5, 0.6) is 6.08 Å². The molecule has 26 heavy (non-hydrogen) atoms.